The van der Waals surface area contributed by atoms with E-state index in [1.807, 2.05) is 48.1 Å². The lowest BCUT2D eigenvalue weighted by molar-refractivity contribution is 0.122. The van der Waals surface area contributed by atoms with E-state index in [0.29, 0.717) is 54.3 Å². The zero-order valence-corrected chi connectivity index (χ0v) is 20.5. The summed E-state index contributed by atoms with van der Waals surface area (Å²) in [5.74, 6) is 2.07. The van der Waals surface area contributed by atoms with Crippen LogP contribution in [0.5, 0.6) is 11.5 Å². The highest BCUT2D eigenvalue weighted by molar-refractivity contribution is 5.83. The number of methoxy groups -OCH3 is 1. The smallest absolute Gasteiger partial charge is 0.161 e. The van der Waals surface area contributed by atoms with Gasteiger partial charge in [0.2, 0.25) is 0 Å². The fourth-order valence-electron chi connectivity index (χ4n) is 4.30. The van der Waals surface area contributed by atoms with Crippen molar-refractivity contribution in [1.29, 1.82) is 5.26 Å². The summed E-state index contributed by atoms with van der Waals surface area (Å²) in [6.45, 7) is 6.11. The lowest BCUT2D eigenvalue weighted by Crippen LogP contribution is -2.36. The van der Waals surface area contributed by atoms with Gasteiger partial charge in [0.05, 0.1) is 43.8 Å². The molecular weight excluding hydrogens is 456 g/mol. The monoisotopic (exact) mass is 484 g/mol. The summed E-state index contributed by atoms with van der Waals surface area (Å²) in [7, 11) is 1.63. The van der Waals surface area contributed by atoms with Gasteiger partial charge in [0, 0.05) is 31.4 Å². The van der Waals surface area contributed by atoms with Crippen molar-refractivity contribution < 1.29 is 14.2 Å². The highest BCUT2D eigenvalue weighted by Crippen LogP contribution is 2.31. The van der Waals surface area contributed by atoms with Crippen LogP contribution in [0, 0.1) is 11.3 Å². The topological polar surface area (TPSA) is 98.3 Å². The summed E-state index contributed by atoms with van der Waals surface area (Å²) in [4.78, 5) is 11.5. The Morgan fingerprint density at radius 3 is 2.69 bits per heavy atom. The molecule has 5 rings (SSSR count). The lowest BCUT2D eigenvalue weighted by Gasteiger charge is -2.27. The largest absolute Gasteiger partial charge is 0.493 e. The molecule has 0 saturated carbocycles. The second-order valence-corrected chi connectivity index (χ2v) is 8.56. The van der Waals surface area contributed by atoms with Gasteiger partial charge in [-0.2, -0.15) is 10.4 Å². The molecule has 0 bridgehead atoms. The first-order chi connectivity index (χ1) is 17.7. The van der Waals surface area contributed by atoms with E-state index in [4.69, 9.17) is 19.2 Å². The van der Waals surface area contributed by atoms with Crippen molar-refractivity contribution in [2.45, 2.75) is 26.5 Å². The third-order valence-electron chi connectivity index (χ3n) is 6.26. The SMILES string of the molecule is CCn1cc(COc2ccc(Cc3ccc4ncc(N5CCOCC5)nc4c3C#N)cc2OC)cn1. The zero-order chi connectivity index (χ0) is 24.9. The van der Waals surface area contributed by atoms with E-state index in [9.17, 15) is 5.26 Å². The Morgan fingerprint density at radius 2 is 1.94 bits per heavy atom. The minimum atomic E-state index is 0.406. The van der Waals surface area contributed by atoms with E-state index in [-0.39, 0.29) is 0 Å². The Kier molecular flexibility index (Phi) is 6.96. The maximum Gasteiger partial charge on any atom is 0.161 e. The third-order valence-corrected chi connectivity index (χ3v) is 6.26. The molecule has 9 nitrogen and oxygen atoms in total. The van der Waals surface area contributed by atoms with E-state index in [0.717, 1.165) is 42.1 Å². The second-order valence-electron chi connectivity index (χ2n) is 8.56. The van der Waals surface area contributed by atoms with Crippen molar-refractivity contribution in [1.82, 2.24) is 19.7 Å². The first kappa shape index (κ1) is 23.6. The number of rotatable bonds is 8. The number of anilines is 1. The average Bonchev–Trinajstić information content (AvgIpc) is 3.40. The van der Waals surface area contributed by atoms with Crippen LogP contribution in [0.3, 0.4) is 0 Å². The van der Waals surface area contributed by atoms with Crippen molar-refractivity contribution in [2.75, 3.05) is 38.3 Å². The molecule has 0 aliphatic carbocycles. The van der Waals surface area contributed by atoms with Crippen molar-refractivity contribution in [3.05, 3.63) is 71.2 Å². The van der Waals surface area contributed by atoms with Crippen LogP contribution in [0.15, 0.2) is 48.9 Å². The molecule has 1 aliphatic heterocycles. The average molecular weight is 485 g/mol. The normalized spacial score (nSPS) is 13.5. The minimum absolute atomic E-state index is 0.406. The molecule has 2 aromatic carbocycles. The summed E-state index contributed by atoms with van der Waals surface area (Å²) in [5.41, 5.74) is 4.77. The number of aryl methyl sites for hydroxylation is 1. The van der Waals surface area contributed by atoms with E-state index in [2.05, 4.69) is 21.1 Å². The van der Waals surface area contributed by atoms with Crippen LogP contribution in [-0.2, 0) is 24.3 Å². The number of morpholine rings is 1. The quantitative estimate of drug-likeness (QED) is 0.373. The Balaban J connectivity index is 1.38. The summed E-state index contributed by atoms with van der Waals surface area (Å²) in [6, 6.07) is 12.1. The van der Waals surface area contributed by atoms with Gasteiger partial charge in [-0.15, -0.1) is 0 Å². The Labute approximate surface area is 209 Å². The maximum atomic E-state index is 10.0. The van der Waals surface area contributed by atoms with Gasteiger partial charge in [-0.25, -0.2) is 4.98 Å². The molecule has 3 heterocycles. The van der Waals surface area contributed by atoms with Gasteiger partial charge >= 0.3 is 0 Å². The van der Waals surface area contributed by atoms with Crippen LogP contribution < -0.4 is 14.4 Å². The molecule has 2 aromatic heterocycles. The number of hydrogen-bond donors (Lipinski definition) is 0. The van der Waals surface area contributed by atoms with Crippen LogP contribution in [0.1, 0.15) is 29.2 Å². The first-order valence-electron chi connectivity index (χ1n) is 12.0. The number of hydrogen-bond acceptors (Lipinski definition) is 8. The molecule has 4 aromatic rings. The summed E-state index contributed by atoms with van der Waals surface area (Å²) >= 11 is 0. The molecule has 0 radical (unpaired) electrons. The highest BCUT2D eigenvalue weighted by atomic mass is 16.5. The van der Waals surface area contributed by atoms with Crippen LogP contribution in [0.4, 0.5) is 5.82 Å². The summed E-state index contributed by atoms with van der Waals surface area (Å²) in [5, 5.41) is 14.3. The summed E-state index contributed by atoms with van der Waals surface area (Å²) < 4.78 is 18.9. The van der Waals surface area contributed by atoms with Crippen LogP contribution in [-0.4, -0.2) is 53.2 Å². The number of ether oxygens (including phenoxy) is 3. The van der Waals surface area contributed by atoms with Gasteiger partial charge in [-0.05, 0) is 42.7 Å². The molecule has 0 amide bonds. The highest BCUT2D eigenvalue weighted by Gasteiger charge is 2.17. The van der Waals surface area contributed by atoms with E-state index in [1.165, 1.54) is 0 Å². The molecule has 1 fully saturated rings. The van der Waals surface area contributed by atoms with E-state index < -0.39 is 0 Å². The third kappa shape index (κ3) is 4.95. The standard InChI is InChI=1S/C27H28N6O3/c1-3-33-17-20(15-30-33)18-36-24-7-4-19(13-25(24)34-2)12-21-5-6-23-27(22(21)14-28)31-26(16-29-23)32-8-10-35-11-9-32/h4-7,13,15-17H,3,8-12,18H2,1-2H3. The predicted molar refractivity (Wildman–Crippen MR) is 135 cm³/mol. The minimum Gasteiger partial charge on any atom is -0.493 e. The van der Waals surface area contributed by atoms with Crippen molar-refractivity contribution in [3.63, 3.8) is 0 Å². The molecule has 0 atom stereocenters. The van der Waals surface area contributed by atoms with Gasteiger partial charge in [-0.3, -0.25) is 9.67 Å². The fourth-order valence-corrected chi connectivity index (χ4v) is 4.30. The van der Waals surface area contributed by atoms with E-state index >= 15 is 0 Å². The second kappa shape index (κ2) is 10.6. The molecule has 9 heteroatoms. The van der Waals surface area contributed by atoms with Gasteiger partial charge in [0.15, 0.2) is 11.5 Å². The molecule has 36 heavy (non-hydrogen) atoms. The van der Waals surface area contributed by atoms with Gasteiger partial charge in [0.1, 0.15) is 24.0 Å². The maximum absolute atomic E-state index is 10.0. The van der Waals surface area contributed by atoms with Gasteiger partial charge in [-0.1, -0.05) is 12.1 Å². The van der Waals surface area contributed by atoms with Crippen molar-refractivity contribution >= 4 is 16.9 Å². The number of benzene rings is 2. The Bertz CT molecular complexity index is 1400. The fraction of sp³-hybridized carbons (Fsp3) is 0.333. The van der Waals surface area contributed by atoms with Crippen LogP contribution >= 0.6 is 0 Å². The Hall–Kier alpha value is -4.16. The van der Waals surface area contributed by atoms with Crippen LogP contribution in [0.2, 0.25) is 0 Å². The number of aromatic nitrogens is 4. The summed E-state index contributed by atoms with van der Waals surface area (Å²) in [6.07, 6.45) is 6.10. The molecule has 1 saturated heterocycles. The number of fused-ring (bicyclic) bond motifs is 1. The lowest BCUT2D eigenvalue weighted by atomic mass is 9.98. The molecule has 184 valence electrons. The van der Waals surface area contributed by atoms with Gasteiger partial charge < -0.3 is 19.1 Å². The van der Waals surface area contributed by atoms with Crippen LogP contribution in [0.25, 0.3) is 11.0 Å². The van der Waals surface area contributed by atoms with Crippen molar-refractivity contribution in [2.24, 2.45) is 0 Å². The molecular formula is C27H28N6O3. The molecule has 0 N–H and O–H groups in total. The predicted octanol–water partition coefficient (Wildman–Crippen LogP) is 3.73. The molecule has 0 spiro atoms. The number of nitriles is 1. The van der Waals surface area contributed by atoms with E-state index in [1.54, 1.807) is 19.5 Å². The van der Waals surface area contributed by atoms with Gasteiger partial charge in [0.25, 0.3) is 0 Å². The zero-order valence-electron chi connectivity index (χ0n) is 20.5. The van der Waals surface area contributed by atoms with Crippen molar-refractivity contribution in [3.8, 4) is 17.6 Å². The first-order valence-corrected chi connectivity index (χ1v) is 12.0. The number of nitrogens with zero attached hydrogens (tertiary/aromatic N) is 6. The Morgan fingerprint density at radius 1 is 1.08 bits per heavy atom. The molecule has 0 unspecified atom stereocenters. The molecule has 1 aliphatic rings.